The van der Waals surface area contributed by atoms with Crippen molar-refractivity contribution in [1.82, 2.24) is 5.32 Å². The lowest BCUT2D eigenvalue weighted by Crippen LogP contribution is -2.46. The Morgan fingerprint density at radius 1 is 0.478 bits per heavy atom. The lowest BCUT2D eigenvalue weighted by atomic mass is 10.0. The highest BCUT2D eigenvalue weighted by atomic mass is 31.2. The fourth-order valence-corrected chi connectivity index (χ4v) is 10.2. The van der Waals surface area contributed by atoms with Gasteiger partial charge in [-0.05, 0) is 38.5 Å². The number of aliphatic hydroxyl groups is 1. The monoisotopic (exact) mass is 998 g/mol. The Hall–Kier alpha value is -0.760. The van der Waals surface area contributed by atoms with E-state index < -0.39 is 20.0 Å². The molecular formula is C60H122N2O6P+. The zero-order valence-electron chi connectivity index (χ0n) is 47.1. The highest BCUT2D eigenvalue weighted by molar-refractivity contribution is 7.47. The van der Waals surface area contributed by atoms with E-state index in [9.17, 15) is 19.4 Å². The van der Waals surface area contributed by atoms with Gasteiger partial charge in [0.2, 0.25) is 5.91 Å². The summed E-state index contributed by atoms with van der Waals surface area (Å²) in [6, 6.07) is -0.759. The van der Waals surface area contributed by atoms with E-state index in [1.54, 1.807) is 0 Å². The maximum atomic E-state index is 13.0. The summed E-state index contributed by atoms with van der Waals surface area (Å²) in [5.74, 6) is -0.139. The van der Waals surface area contributed by atoms with Crippen LogP contribution < -0.4 is 5.32 Å². The number of phosphoric ester groups is 1. The van der Waals surface area contributed by atoms with E-state index in [-0.39, 0.29) is 19.1 Å². The molecule has 0 saturated heterocycles. The SMILES string of the molecule is CCCCCCCCCCCCCC/C=C\CCCCCCCCCCCCCC(=O)NC(COP(=O)(O)OCC[N+](C)(C)C)C(O)CCCCCCCCCCCCCCCCCCCCCC. The van der Waals surface area contributed by atoms with E-state index >= 15 is 0 Å². The number of phosphoric acid groups is 1. The summed E-state index contributed by atoms with van der Waals surface area (Å²) in [5, 5.41) is 14.1. The number of quaternary nitrogens is 1. The number of nitrogens with one attached hydrogen (secondary N) is 1. The number of unbranched alkanes of at least 4 members (excludes halogenated alkanes) is 42. The first-order valence-corrected chi connectivity index (χ1v) is 32.0. The minimum atomic E-state index is -4.32. The molecule has 3 atom stereocenters. The quantitative estimate of drug-likeness (QED) is 0.0243. The van der Waals surface area contributed by atoms with Crippen LogP contribution in [-0.4, -0.2) is 73.4 Å². The van der Waals surface area contributed by atoms with Crippen LogP contribution in [0.15, 0.2) is 12.2 Å². The van der Waals surface area contributed by atoms with Crippen LogP contribution in [0.3, 0.4) is 0 Å². The molecule has 0 heterocycles. The number of hydrogen-bond donors (Lipinski definition) is 3. The summed E-state index contributed by atoms with van der Waals surface area (Å²) >= 11 is 0. The number of aliphatic hydroxyl groups excluding tert-OH is 1. The van der Waals surface area contributed by atoms with Gasteiger partial charge in [0.15, 0.2) is 0 Å². The molecule has 0 saturated carbocycles. The third kappa shape index (κ3) is 54.8. The molecular weight excluding hydrogens is 876 g/mol. The van der Waals surface area contributed by atoms with E-state index in [1.165, 1.54) is 250 Å². The molecule has 3 N–H and O–H groups in total. The lowest BCUT2D eigenvalue weighted by Gasteiger charge is -2.26. The molecule has 0 rings (SSSR count). The van der Waals surface area contributed by atoms with Crippen LogP contribution >= 0.6 is 7.82 Å². The predicted octanol–water partition coefficient (Wildman–Crippen LogP) is 18.6. The summed E-state index contributed by atoms with van der Waals surface area (Å²) in [5.41, 5.74) is 0. The summed E-state index contributed by atoms with van der Waals surface area (Å²) in [6.07, 6.45) is 64.2. The van der Waals surface area contributed by atoms with Gasteiger partial charge in [-0.25, -0.2) is 4.57 Å². The number of nitrogens with zero attached hydrogens (tertiary/aromatic N) is 1. The molecule has 0 fully saturated rings. The first kappa shape index (κ1) is 68.2. The Bertz CT molecular complexity index is 1130. The van der Waals surface area contributed by atoms with Gasteiger partial charge in [0.05, 0.1) is 39.9 Å². The Balaban J connectivity index is 4.09. The van der Waals surface area contributed by atoms with Crippen LogP contribution in [0.1, 0.15) is 316 Å². The second-order valence-electron chi connectivity index (χ2n) is 22.4. The van der Waals surface area contributed by atoms with E-state index in [0.717, 1.165) is 38.5 Å². The van der Waals surface area contributed by atoms with Crippen molar-refractivity contribution in [1.29, 1.82) is 0 Å². The van der Waals surface area contributed by atoms with Crippen molar-refractivity contribution in [2.45, 2.75) is 328 Å². The number of rotatable bonds is 57. The number of likely N-dealkylation sites (N-methyl/N-ethyl adjacent to an activating group) is 1. The van der Waals surface area contributed by atoms with Crippen LogP contribution in [0.2, 0.25) is 0 Å². The Labute approximate surface area is 431 Å². The summed E-state index contributed by atoms with van der Waals surface area (Å²) in [7, 11) is 1.63. The topological polar surface area (TPSA) is 105 Å². The van der Waals surface area contributed by atoms with Crippen molar-refractivity contribution >= 4 is 13.7 Å². The molecule has 3 unspecified atom stereocenters. The highest BCUT2D eigenvalue weighted by Gasteiger charge is 2.28. The largest absolute Gasteiger partial charge is 0.472 e. The number of allylic oxidation sites excluding steroid dienone is 2. The van der Waals surface area contributed by atoms with Crippen LogP contribution in [0.4, 0.5) is 0 Å². The molecule has 0 radical (unpaired) electrons. The fourth-order valence-electron chi connectivity index (χ4n) is 9.46. The minimum Gasteiger partial charge on any atom is -0.391 e. The molecule has 0 spiro atoms. The Kier molecular flexibility index (Phi) is 51.5. The summed E-state index contributed by atoms with van der Waals surface area (Å²) in [6.45, 7) is 4.94. The maximum Gasteiger partial charge on any atom is 0.472 e. The average Bonchev–Trinajstić information content (AvgIpc) is 3.31. The normalized spacial score (nSPS) is 13.9. The number of hydrogen-bond acceptors (Lipinski definition) is 5. The van der Waals surface area contributed by atoms with E-state index in [2.05, 4.69) is 31.3 Å². The zero-order valence-corrected chi connectivity index (χ0v) is 48.0. The van der Waals surface area contributed by atoms with Crippen LogP contribution in [-0.2, 0) is 18.4 Å². The number of carbonyl (C=O) groups is 1. The molecule has 412 valence electrons. The van der Waals surface area contributed by atoms with E-state index in [1.807, 2.05) is 21.1 Å². The molecule has 0 aliphatic carbocycles. The molecule has 9 heteroatoms. The highest BCUT2D eigenvalue weighted by Crippen LogP contribution is 2.43. The first-order chi connectivity index (χ1) is 33.5. The zero-order chi connectivity index (χ0) is 50.6. The smallest absolute Gasteiger partial charge is 0.391 e. The minimum absolute atomic E-state index is 0.0773. The van der Waals surface area contributed by atoms with Crippen molar-refractivity contribution in [3.05, 3.63) is 12.2 Å². The van der Waals surface area contributed by atoms with Gasteiger partial charge in [-0.1, -0.05) is 283 Å². The second-order valence-corrected chi connectivity index (χ2v) is 23.9. The molecule has 8 nitrogen and oxygen atoms in total. The third-order valence-corrected chi connectivity index (χ3v) is 15.2. The number of carbonyl (C=O) groups excluding carboxylic acids is 1. The molecule has 1 amide bonds. The number of amides is 1. The van der Waals surface area contributed by atoms with E-state index in [4.69, 9.17) is 9.05 Å². The third-order valence-electron chi connectivity index (χ3n) is 14.3. The van der Waals surface area contributed by atoms with Gasteiger partial charge in [0.1, 0.15) is 13.2 Å². The van der Waals surface area contributed by atoms with Crippen LogP contribution in [0.25, 0.3) is 0 Å². The van der Waals surface area contributed by atoms with Gasteiger partial charge < -0.3 is 19.8 Å². The maximum absolute atomic E-state index is 13.0. The van der Waals surface area contributed by atoms with Crippen molar-refractivity contribution in [2.75, 3.05) is 40.9 Å². The van der Waals surface area contributed by atoms with Crippen molar-refractivity contribution in [3.63, 3.8) is 0 Å². The van der Waals surface area contributed by atoms with Crippen LogP contribution in [0.5, 0.6) is 0 Å². The molecule has 0 aromatic heterocycles. The fraction of sp³-hybridized carbons (Fsp3) is 0.950. The molecule has 0 aliphatic rings. The van der Waals surface area contributed by atoms with Crippen LogP contribution in [0, 0.1) is 0 Å². The lowest BCUT2D eigenvalue weighted by molar-refractivity contribution is -0.870. The van der Waals surface area contributed by atoms with Gasteiger partial charge >= 0.3 is 7.82 Å². The van der Waals surface area contributed by atoms with Crippen molar-refractivity contribution < 1.29 is 32.9 Å². The summed E-state index contributed by atoms with van der Waals surface area (Å²) < 4.78 is 23.8. The Morgan fingerprint density at radius 3 is 1.12 bits per heavy atom. The standard InChI is InChI=1S/C60H121N2O6P/c1-6-8-10-12-14-16-18-20-22-24-26-28-29-30-31-32-33-34-36-38-40-42-44-46-48-50-52-54-60(64)61-58(57-68-69(65,66)67-56-55-62(3,4)5)59(63)53-51-49-47-45-43-41-39-37-35-27-25-23-21-19-17-15-13-11-9-7-2/h30-31,58-59,63H,6-29,32-57H2,1-5H3,(H-,61,64,65,66)/p+1/b31-30-. The first-order valence-electron chi connectivity index (χ1n) is 30.6. The molecule has 0 aliphatic heterocycles. The summed E-state index contributed by atoms with van der Waals surface area (Å²) in [4.78, 5) is 23.4. The van der Waals surface area contributed by atoms with Crippen molar-refractivity contribution in [3.8, 4) is 0 Å². The molecule has 0 bridgehead atoms. The molecule has 0 aromatic carbocycles. The van der Waals surface area contributed by atoms with Gasteiger partial charge in [0.25, 0.3) is 0 Å². The van der Waals surface area contributed by atoms with Crippen molar-refractivity contribution in [2.24, 2.45) is 0 Å². The molecule has 0 aromatic rings. The van der Waals surface area contributed by atoms with E-state index in [0.29, 0.717) is 23.9 Å². The predicted molar refractivity (Wildman–Crippen MR) is 300 cm³/mol. The van der Waals surface area contributed by atoms with Gasteiger partial charge in [0, 0.05) is 6.42 Å². The Morgan fingerprint density at radius 2 is 0.783 bits per heavy atom. The average molecular weight is 999 g/mol. The van der Waals surface area contributed by atoms with Gasteiger partial charge in [-0.15, -0.1) is 0 Å². The molecule has 69 heavy (non-hydrogen) atoms. The van der Waals surface area contributed by atoms with Gasteiger partial charge in [-0.2, -0.15) is 0 Å². The van der Waals surface area contributed by atoms with Gasteiger partial charge in [-0.3, -0.25) is 13.8 Å². The second kappa shape index (κ2) is 52.1.